The molecule has 0 spiro atoms. The number of amides is 2. The van der Waals surface area contributed by atoms with Gasteiger partial charge in [0.2, 0.25) is 0 Å². The van der Waals surface area contributed by atoms with Gasteiger partial charge in [-0.25, -0.2) is 17.6 Å². The molecule has 308 valence electrons. The van der Waals surface area contributed by atoms with Crippen LogP contribution in [0.15, 0.2) is 91.0 Å². The molecule has 58 heavy (non-hydrogen) atoms. The summed E-state index contributed by atoms with van der Waals surface area (Å²) in [4.78, 5) is 37.0. The Morgan fingerprint density at radius 1 is 0.655 bits per heavy atom. The minimum atomic E-state index is -1.25. The van der Waals surface area contributed by atoms with E-state index in [0.29, 0.717) is 47.7 Å². The van der Waals surface area contributed by atoms with Crippen molar-refractivity contribution in [1.29, 1.82) is 0 Å². The van der Waals surface area contributed by atoms with Gasteiger partial charge in [0.25, 0.3) is 11.8 Å². The van der Waals surface area contributed by atoms with Crippen molar-refractivity contribution in [2.75, 3.05) is 13.1 Å². The van der Waals surface area contributed by atoms with Crippen LogP contribution in [0.5, 0.6) is 0 Å². The summed E-state index contributed by atoms with van der Waals surface area (Å²) in [6.07, 6.45) is -0.0425. The number of nitrogens with zero attached hydrogens (tertiary/aromatic N) is 3. The van der Waals surface area contributed by atoms with Crippen LogP contribution in [0.2, 0.25) is 0 Å². The number of rotatable bonds is 15. The van der Waals surface area contributed by atoms with Crippen molar-refractivity contribution in [2.24, 2.45) is 5.92 Å². The molecule has 2 heterocycles. The second kappa shape index (κ2) is 21.3. The standard InChI is InChI=1S/C30H35F2N3O3.C16H17F2NO/c1-5-10-35(11-6-2)30(38)23-13-19(3)12-22(17-23)29(37)34-27(16-21-14-24(31)18-25(32)15-21)28(36)26-9-7-8-20(4)33-26;1-10(6-12-7-13(17)9-14(18)8-12)16(20)15-5-3-4-11(2)19-15/h7-9,12-15,17-18,27-28,36H,5-6,10-11,16H2,1-4H3,(H,34,37);3-5,7-10,16,20H,6H2,1-2H3/t27-,28?;10-,16?/m00/s1. The molecule has 0 radical (unpaired) electrons. The van der Waals surface area contributed by atoms with E-state index < -0.39 is 47.4 Å². The van der Waals surface area contributed by atoms with Gasteiger partial charge in [-0.15, -0.1) is 0 Å². The lowest BCUT2D eigenvalue weighted by molar-refractivity contribution is 0.0755. The second-order valence-corrected chi connectivity index (χ2v) is 14.7. The van der Waals surface area contributed by atoms with Crippen LogP contribution >= 0.6 is 0 Å². The number of aliphatic hydroxyl groups is 2. The quantitative estimate of drug-likeness (QED) is 0.0912. The van der Waals surface area contributed by atoms with Gasteiger partial charge in [-0.3, -0.25) is 19.6 Å². The number of aryl methyl sites for hydroxylation is 3. The Bertz CT molecular complexity index is 2120. The first kappa shape index (κ1) is 45.2. The molecule has 0 saturated heterocycles. The van der Waals surface area contributed by atoms with E-state index in [1.807, 2.05) is 39.8 Å². The summed E-state index contributed by atoms with van der Waals surface area (Å²) in [6, 6.07) is 21.1. The smallest absolute Gasteiger partial charge is 0.253 e. The highest BCUT2D eigenvalue weighted by Gasteiger charge is 2.27. The van der Waals surface area contributed by atoms with Crippen LogP contribution in [0.1, 0.15) is 106 Å². The molecule has 2 aromatic heterocycles. The summed E-state index contributed by atoms with van der Waals surface area (Å²) in [5.74, 6) is -3.56. The molecule has 5 rings (SSSR count). The van der Waals surface area contributed by atoms with Gasteiger partial charge in [0.15, 0.2) is 0 Å². The molecule has 8 nitrogen and oxygen atoms in total. The molecule has 12 heteroatoms. The highest BCUT2D eigenvalue weighted by Crippen LogP contribution is 2.25. The van der Waals surface area contributed by atoms with Crippen molar-refractivity contribution in [3.05, 3.63) is 165 Å². The van der Waals surface area contributed by atoms with E-state index in [2.05, 4.69) is 15.3 Å². The topological polar surface area (TPSA) is 116 Å². The molecular formula is C46H52F4N4O4. The Hall–Kier alpha value is -5.46. The molecule has 2 amide bonds. The fourth-order valence-electron chi connectivity index (χ4n) is 6.72. The third kappa shape index (κ3) is 13.3. The summed E-state index contributed by atoms with van der Waals surface area (Å²) < 4.78 is 54.0. The maximum atomic E-state index is 13.9. The zero-order chi connectivity index (χ0) is 42.5. The molecule has 5 aromatic rings. The third-order valence-corrected chi connectivity index (χ3v) is 9.38. The number of benzene rings is 3. The normalized spacial score (nSPS) is 13.1. The van der Waals surface area contributed by atoms with E-state index in [4.69, 9.17) is 0 Å². The minimum absolute atomic E-state index is 0.0460. The average Bonchev–Trinajstić information content (AvgIpc) is 3.16. The molecule has 0 fully saturated rings. The predicted molar refractivity (Wildman–Crippen MR) is 216 cm³/mol. The Morgan fingerprint density at radius 2 is 1.12 bits per heavy atom. The van der Waals surface area contributed by atoms with Gasteiger partial charge in [0, 0.05) is 47.7 Å². The predicted octanol–water partition coefficient (Wildman–Crippen LogP) is 8.89. The molecule has 3 N–H and O–H groups in total. The SMILES string of the molecule is CCCN(CCC)C(=O)c1cc(C)cc(C(=O)N[C@@H](Cc2cc(F)cc(F)c2)C(O)c2cccc(C)n2)c1.Cc1cccc(C(O)[C@@H](C)Cc2cc(F)cc(F)c2)n1. The van der Waals surface area contributed by atoms with E-state index in [9.17, 15) is 37.4 Å². The van der Waals surface area contributed by atoms with E-state index >= 15 is 0 Å². The van der Waals surface area contributed by atoms with Crippen molar-refractivity contribution in [3.63, 3.8) is 0 Å². The van der Waals surface area contributed by atoms with Gasteiger partial charge in [-0.05, 0) is 136 Å². The van der Waals surface area contributed by atoms with E-state index in [0.717, 1.165) is 48.4 Å². The highest BCUT2D eigenvalue weighted by atomic mass is 19.1. The summed E-state index contributed by atoms with van der Waals surface area (Å²) in [5.41, 5.74) is 4.59. The maximum Gasteiger partial charge on any atom is 0.253 e. The van der Waals surface area contributed by atoms with Crippen LogP contribution in [0, 0.1) is 50.0 Å². The molecular weight excluding hydrogens is 749 g/mol. The molecule has 0 saturated carbocycles. The van der Waals surface area contributed by atoms with Crippen LogP contribution in [0.25, 0.3) is 0 Å². The number of aromatic nitrogens is 2. The van der Waals surface area contributed by atoms with E-state index in [-0.39, 0.29) is 29.4 Å². The lowest BCUT2D eigenvalue weighted by Crippen LogP contribution is -2.41. The van der Waals surface area contributed by atoms with Gasteiger partial charge < -0.3 is 20.4 Å². The summed E-state index contributed by atoms with van der Waals surface area (Å²) in [7, 11) is 0. The van der Waals surface area contributed by atoms with Gasteiger partial charge >= 0.3 is 0 Å². The number of nitrogens with one attached hydrogen (secondary N) is 1. The van der Waals surface area contributed by atoms with Crippen LogP contribution < -0.4 is 5.32 Å². The molecule has 0 aliphatic rings. The zero-order valence-corrected chi connectivity index (χ0v) is 33.8. The number of carbonyl (C=O) groups is 2. The minimum Gasteiger partial charge on any atom is -0.387 e. The van der Waals surface area contributed by atoms with E-state index in [1.54, 1.807) is 61.2 Å². The van der Waals surface area contributed by atoms with Crippen molar-refractivity contribution in [2.45, 2.75) is 85.5 Å². The Labute approximate surface area is 338 Å². The summed E-state index contributed by atoms with van der Waals surface area (Å²) in [6.45, 7) is 12.5. The van der Waals surface area contributed by atoms with Crippen molar-refractivity contribution in [1.82, 2.24) is 20.2 Å². The summed E-state index contributed by atoms with van der Waals surface area (Å²) >= 11 is 0. The van der Waals surface area contributed by atoms with Crippen molar-refractivity contribution >= 4 is 11.8 Å². The largest absolute Gasteiger partial charge is 0.387 e. The average molecular weight is 801 g/mol. The zero-order valence-electron chi connectivity index (χ0n) is 33.8. The van der Waals surface area contributed by atoms with Gasteiger partial charge in [-0.1, -0.05) is 32.9 Å². The first-order chi connectivity index (χ1) is 27.6. The molecule has 4 atom stereocenters. The van der Waals surface area contributed by atoms with Crippen LogP contribution in [0.4, 0.5) is 17.6 Å². The first-order valence-corrected chi connectivity index (χ1v) is 19.4. The first-order valence-electron chi connectivity index (χ1n) is 19.4. The number of pyridine rings is 2. The van der Waals surface area contributed by atoms with Crippen molar-refractivity contribution in [3.8, 4) is 0 Å². The number of hydrogen-bond acceptors (Lipinski definition) is 6. The fourth-order valence-corrected chi connectivity index (χ4v) is 6.72. The molecule has 0 aliphatic carbocycles. The van der Waals surface area contributed by atoms with Gasteiger partial charge in [0.1, 0.15) is 29.4 Å². The van der Waals surface area contributed by atoms with E-state index in [1.165, 1.54) is 12.1 Å². The lowest BCUT2D eigenvalue weighted by Gasteiger charge is -2.25. The fraction of sp³-hybridized carbons (Fsp3) is 0.348. The second-order valence-electron chi connectivity index (χ2n) is 14.7. The van der Waals surface area contributed by atoms with Gasteiger partial charge in [-0.2, -0.15) is 0 Å². The molecule has 0 bridgehead atoms. The number of halogens is 4. The van der Waals surface area contributed by atoms with Crippen LogP contribution in [-0.2, 0) is 12.8 Å². The number of aliphatic hydroxyl groups excluding tert-OH is 2. The lowest BCUT2D eigenvalue weighted by atomic mass is 9.93. The summed E-state index contributed by atoms with van der Waals surface area (Å²) in [5, 5.41) is 24.2. The Balaban J connectivity index is 0.000000311. The molecule has 2 unspecified atom stereocenters. The van der Waals surface area contributed by atoms with Gasteiger partial charge in [0.05, 0.1) is 23.5 Å². The van der Waals surface area contributed by atoms with Crippen LogP contribution in [-0.4, -0.2) is 56.0 Å². The number of hydrogen-bond donors (Lipinski definition) is 3. The monoisotopic (exact) mass is 800 g/mol. The Kier molecular flexibility index (Phi) is 16.6. The highest BCUT2D eigenvalue weighted by molar-refractivity contribution is 6.00. The maximum absolute atomic E-state index is 13.9. The molecule has 0 aliphatic heterocycles. The Morgan fingerprint density at radius 3 is 1.60 bits per heavy atom. The van der Waals surface area contributed by atoms with Crippen LogP contribution in [0.3, 0.4) is 0 Å². The molecule has 3 aromatic carbocycles. The number of carbonyl (C=O) groups excluding carboxylic acids is 2. The van der Waals surface area contributed by atoms with Crippen molar-refractivity contribution < 1.29 is 37.4 Å². The third-order valence-electron chi connectivity index (χ3n) is 9.38.